The van der Waals surface area contributed by atoms with Gasteiger partial charge >= 0.3 is 0 Å². The topological polar surface area (TPSA) is 90.0 Å². The standard InChI is InChI=1S/C25H29N3O5S/c1-16(2)13-28(24(30)18-11-20(31-3)23(33-5)21(12-18)32-4)14-22(29)27-25-26-19(15-34-25)17-9-7-6-8-10-17/h6-12,15-16H,13-14H2,1-5H3,(H,26,27,29). The van der Waals surface area contributed by atoms with Crippen LogP contribution in [0, 0.1) is 5.92 Å². The normalized spacial score (nSPS) is 10.6. The summed E-state index contributed by atoms with van der Waals surface area (Å²) >= 11 is 1.34. The van der Waals surface area contributed by atoms with E-state index in [1.165, 1.54) is 37.6 Å². The third-order valence-corrected chi connectivity index (χ3v) is 5.70. The van der Waals surface area contributed by atoms with Crippen LogP contribution in [0.1, 0.15) is 24.2 Å². The molecule has 0 saturated carbocycles. The maximum absolute atomic E-state index is 13.4. The Balaban J connectivity index is 1.78. The lowest BCUT2D eigenvalue weighted by Crippen LogP contribution is -2.40. The predicted octanol–water partition coefficient (Wildman–Crippen LogP) is 4.57. The van der Waals surface area contributed by atoms with Gasteiger partial charge in [-0.15, -0.1) is 11.3 Å². The van der Waals surface area contributed by atoms with Crippen molar-refractivity contribution in [3.05, 3.63) is 53.4 Å². The average molecular weight is 484 g/mol. The van der Waals surface area contributed by atoms with Crippen molar-refractivity contribution < 1.29 is 23.8 Å². The summed E-state index contributed by atoms with van der Waals surface area (Å²) in [6.07, 6.45) is 0. The number of carbonyl (C=O) groups excluding carboxylic acids is 2. The SMILES string of the molecule is COc1cc(C(=O)N(CC(=O)Nc2nc(-c3ccccc3)cs2)CC(C)C)cc(OC)c1OC. The van der Waals surface area contributed by atoms with Gasteiger partial charge in [-0.25, -0.2) is 4.98 Å². The Morgan fingerprint density at radius 2 is 1.68 bits per heavy atom. The summed E-state index contributed by atoms with van der Waals surface area (Å²) in [5.41, 5.74) is 2.09. The van der Waals surface area contributed by atoms with Gasteiger partial charge in [-0.05, 0) is 18.1 Å². The molecular weight excluding hydrogens is 454 g/mol. The molecule has 0 radical (unpaired) electrons. The molecule has 2 amide bonds. The van der Waals surface area contributed by atoms with E-state index in [9.17, 15) is 9.59 Å². The molecule has 3 rings (SSSR count). The molecule has 0 unspecified atom stereocenters. The molecule has 0 aliphatic carbocycles. The lowest BCUT2D eigenvalue weighted by molar-refractivity contribution is -0.117. The van der Waals surface area contributed by atoms with Crippen LogP contribution < -0.4 is 19.5 Å². The Bertz CT molecular complexity index is 1110. The number of benzene rings is 2. The van der Waals surface area contributed by atoms with Gasteiger partial charge in [0.1, 0.15) is 6.54 Å². The third kappa shape index (κ3) is 6.05. The molecule has 0 saturated heterocycles. The number of carbonyl (C=O) groups is 2. The summed E-state index contributed by atoms with van der Waals surface area (Å²) in [5.74, 6) is 0.657. The fraction of sp³-hybridized carbons (Fsp3) is 0.320. The van der Waals surface area contributed by atoms with Gasteiger partial charge in [0.05, 0.1) is 27.0 Å². The second-order valence-electron chi connectivity index (χ2n) is 7.95. The molecule has 0 atom stereocenters. The molecule has 9 heteroatoms. The number of anilines is 1. The molecular formula is C25H29N3O5S. The zero-order chi connectivity index (χ0) is 24.7. The van der Waals surface area contributed by atoms with Crippen LogP contribution >= 0.6 is 11.3 Å². The smallest absolute Gasteiger partial charge is 0.254 e. The minimum absolute atomic E-state index is 0.117. The van der Waals surface area contributed by atoms with E-state index < -0.39 is 0 Å². The van der Waals surface area contributed by atoms with Crippen molar-refractivity contribution in [2.24, 2.45) is 5.92 Å². The van der Waals surface area contributed by atoms with Crippen molar-refractivity contribution >= 4 is 28.3 Å². The summed E-state index contributed by atoms with van der Waals surface area (Å²) in [7, 11) is 4.48. The first-order chi connectivity index (χ1) is 16.4. The summed E-state index contributed by atoms with van der Waals surface area (Å²) in [6.45, 7) is 4.25. The monoisotopic (exact) mass is 483 g/mol. The molecule has 1 N–H and O–H groups in total. The highest BCUT2D eigenvalue weighted by molar-refractivity contribution is 7.14. The molecule has 3 aromatic rings. The molecule has 0 aliphatic rings. The molecule has 1 heterocycles. The van der Waals surface area contributed by atoms with Crippen LogP contribution in [0.3, 0.4) is 0 Å². The number of rotatable bonds is 10. The number of methoxy groups -OCH3 is 3. The van der Waals surface area contributed by atoms with Gasteiger partial charge in [0.25, 0.3) is 5.91 Å². The molecule has 0 spiro atoms. The van der Waals surface area contributed by atoms with Crippen molar-refractivity contribution in [1.82, 2.24) is 9.88 Å². The zero-order valence-corrected chi connectivity index (χ0v) is 20.8. The van der Waals surface area contributed by atoms with Crippen LogP contribution in [0.4, 0.5) is 5.13 Å². The summed E-state index contributed by atoms with van der Waals surface area (Å²) in [4.78, 5) is 32.2. The number of aromatic nitrogens is 1. The highest BCUT2D eigenvalue weighted by atomic mass is 32.1. The van der Waals surface area contributed by atoms with Crippen molar-refractivity contribution in [2.45, 2.75) is 13.8 Å². The summed E-state index contributed by atoms with van der Waals surface area (Å²) in [5, 5.41) is 5.18. The fourth-order valence-electron chi connectivity index (χ4n) is 3.45. The highest BCUT2D eigenvalue weighted by Crippen LogP contribution is 2.38. The van der Waals surface area contributed by atoms with Gasteiger partial charge in [-0.1, -0.05) is 44.2 Å². The van der Waals surface area contributed by atoms with Gasteiger partial charge in [-0.3, -0.25) is 9.59 Å². The third-order valence-electron chi connectivity index (χ3n) is 4.94. The Kier molecular flexibility index (Phi) is 8.48. The molecule has 8 nitrogen and oxygen atoms in total. The van der Waals surface area contributed by atoms with E-state index in [0.29, 0.717) is 34.5 Å². The maximum atomic E-state index is 13.4. The average Bonchev–Trinajstić information content (AvgIpc) is 3.30. The van der Waals surface area contributed by atoms with Crippen LogP contribution in [0.25, 0.3) is 11.3 Å². The van der Waals surface area contributed by atoms with Crippen LogP contribution in [0.5, 0.6) is 17.2 Å². The van der Waals surface area contributed by atoms with Crippen molar-refractivity contribution in [3.8, 4) is 28.5 Å². The van der Waals surface area contributed by atoms with Gasteiger partial charge in [0.2, 0.25) is 11.7 Å². The summed E-state index contributed by atoms with van der Waals surface area (Å²) in [6, 6.07) is 12.9. The van der Waals surface area contributed by atoms with E-state index in [4.69, 9.17) is 14.2 Å². The second kappa shape index (κ2) is 11.5. The lowest BCUT2D eigenvalue weighted by atomic mass is 10.1. The number of amides is 2. The minimum atomic E-state index is -0.324. The first-order valence-electron chi connectivity index (χ1n) is 10.8. The van der Waals surface area contributed by atoms with E-state index in [0.717, 1.165) is 11.3 Å². The van der Waals surface area contributed by atoms with Crippen molar-refractivity contribution in [3.63, 3.8) is 0 Å². The van der Waals surface area contributed by atoms with Gasteiger partial charge in [0, 0.05) is 23.1 Å². The number of nitrogens with one attached hydrogen (secondary N) is 1. The van der Waals surface area contributed by atoms with E-state index in [-0.39, 0.29) is 24.3 Å². The molecule has 1 aromatic heterocycles. The van der Waals surface area contributed by atoms with Crippen LogP contribution in [-0.4, -0.2) is 56.1 Å². The lowest BCUT2D eigenvalue weighted by Gasteiger charge is -2.24. The number of hydrogen-bond acceptors (Lipinski definition) is 7. The molecule has 0 aliphatic heterocycles. The molecule has 0 fully saturated rings. The Morgan fingerprint density at radius 1 is 1.03 bits per heavy atom. The number of nitrogens with zero attached hydrogens (tertiary/aromatic N) is 2. The highest BCUT2D eigenvalue weighted by Gasteiger charge is 2.24. The predicted molar refractivity (Wildman–Crippen MR) is 133 cm³/mol. The minimum Gasteiger partial charge on any atom is -0.493 e. The number of hydrogen-bond donors (Lipinski definition) is 1. The van der Waals surface area contributed by atoms with Gasteiger partial charge < -0.3 is 24.4 Å². The maximum Gasteiger partial charge on any atom is 0.254 e. The van der Waals surface area contributed by atoms with Crippen LogP contribution in [-0.2, 0) is 4.79 Å². The van der Waals surface area contributed by atoms with Crippen molar-refractivity contribution in [1.29, 1.82) is 0 Å². The first kappa shape index (κ1) is 25.0. The van der Waals surface area contributed by atoms with Crippen molar-refractivity contribution in [2.75, 3.05) is 39.7 Å². The Hall–Kier alpha value is -3.59. The molecule has 2 aromatic carbocycles. The quantitative estimate of drug-likeness (QED) is 0.454. The first-order valence-corrected chi connectivity index (χ1v) is 11.6. The van der Waals surface area contributed by atoms with Gasteiger partial charge in [-0.2, -0.15) is 0 Å². The molecule has 0 bridgehead atoms. The van der Waals surface area contributed by atoms with Crippen LogP contribution in [0.2, 0.25) is 0 Å². The van der Waals surface area contributed by atoms with E-state index in [1.54, 1.807) is 12.1 Å². The van der Waals surface area contributed by atoms with E-state index in [1.807, 2.05) is 49.6 Å². The Morgan fingerprint density at radius 3 is 2.24 bits per heavy atom. The number of thiazole rings is 1. The zero-order valence-electron chi connectivity index (χ0n) is 20.0. The largest absolute Gasteiger partial charge is 0.493 e. The fourth-order valence-corrected chi connectivity index (χ4v) is 4.19. The number of ether oxygens (including phenoxy) is 3. The molecule has 34 heavy (non-hydrogen) atoms. The van der Waals surface area contributed by atoms with E-state index >= 15 is 0 Å². The molecule has 180 valence electrons. The summed E-state index contributed by atoms with van der Waals surface area (Å²) < 4.78 is 16.1. The van der Waals surface area contributed by atoms with Gasteiger partial charge in [0.15, 0.2) is 16.6 Å². The second-order valence-corrected chi connectivity index (χ2v) is 8.80. The Labute approximate surface area is 203 Å². The van der Waals surface area contributed by atoms with Crippen LogP contribution in [0.15, 0.2) is 47.8 Å². The van der Waals surface area contributed by atoms with E-state index in [2.05, 4.69) is 10.3 Å².